The topological polar surface area (TPSA) is 94.0 Å². The van der Waals surface area contributed by atoms with E-state index in [0.29, 0.717) is 17.3 Å². The maximum absolute atomic E-state index is 15.0. The van der Waals surface area contributed by atoms with Gasteiger partial charge in [0.15, 0.2) is 11.4 Å². The first-order valence-electron chi connectivity index (χ1n) is 11.0. The van der Waals surface area contributed by atoms with Crippen LogP contribution in [0.25, 0.3) is 0 Å². The second kappa shape index (κ2) is 10.5. The Kier molecular flexibility index (Phi) is 7.41. The molecule has 4 rings (SSSR count). The molecule has 1 aliphatic heterocycles. The first kappa shape index (κ1) is 25.4. The van der Waals surface area contributed by atoms with Crippen molar-refractivity contribution in [3.63, 3.8) is 0 Å². The number of nitrogens with one attached hydrogen (secondary N) is 2. The summed E-state index contributed by atoms with van der Waals surface area (Å²) < 4.78 is 42.4. The highest BCUT2D eigenvalue weighted by atomic mass is 32.1. The van der Waals surface area contributed by atoms with Crippen molar-refractivity contribution in [2.75, 3.05) is 24.7 Å². The number of anilines is 1. The van der Waals surface area contributed by atoms with Crippen molar-refractivity contribution in [3.8, 4) is 0 Å². The summed E-state index contributed by atoms with van der Waals surface area (Å²) in [6, 6.07) is 12.1. The van der Waals surface area contributed by atoms with E-state index in [4.69, 9.17) is 5.11 Å². The van der Waals surface area contributed by atoms with Crippen LogP contribution in [0.2, 0.25) is 0 Å². The summed E-state index contributed by atoms with van der Waals surface area (Å²) in [4.78, 5) is 26.5. The van der Waals surface area contributed by atoms with Gasteiger partial charge in [0, 0.05) is 17.5 Å². The molecule has 0 bridgehead atoms. The van der Waals surface area contributed by atoms with Crippen LogP contribution in [0, 0.1) is 17.5 Å². The van der Waals surface area contributed by atoms with Crippen molar-refractivity contribution in [2.24, 2.45) is 5.10 Å². The van der Waals surface area contributed by atoms with Gasteiger partial charge < -0.3 is 15.7 Å². The van der Waals surface area contributed by atoms with E-state index in [1.54, 1.807) is 19.1 Å². The molecule has 2 aromatic carbocycles. The number of amides is 2. The molecule has 1 aromatic heterocycles. The fourth-order valence-electron chi connectivity index (χ4n) is 4.15. The van der Waals surface area contributed by atoms with Gasteiger partial charge >= 0.3 is 0 Å². The minimum atomic E-state index is -1.59. The molecule has 7 nitrogen and oxygen atoms in total. The maximum atomic E-state index is 15.0. The van der Waals surface area contributed by atoms with Gasteiger partial charge in [-0.15, -0.1) is 11.3 Å². The molecule has 11 heteroatoms. The molecule has 2 atom stereocenters. The monoisotopic (exact) mass is 516 g/mol. The Labute approximate surface area is 209 Å². The number of nitrogens with zero attached hydrogens (tertiary/aromatic N) is 2. The van der Waals surface area contributed by atoms with Gasteiger partial charge in [-0.1, -0.05) is 18.2 Å². The average molecular weight is 517 g/mol. The van der Waals surface area contributed by atoms with Gasteiger partial charge in [0.25, 0.3) is 0 Å². The first-order chi connectivity index (χ1) is 17.3. The number of carbonyl (C=O) groups excluding carboxylic acids is 2. The van der Waals surface area contributed by atoms with Gasteiger partial charge in [-0.25, -0.2) is 18.2 Å². The van der Waals surface area contributed by atoms with Crippen LogP contribution in [0.15, 0.2) is 65.1 Å². The van der Waals surface area contributed by atoms with Gasteiger partial charge in [-0.2, -0.15) is 5.10 Å². The second-order valence-electron chi connectivity index (χ2n) is 8.25. The Morgan fingerprint density at radius 1 is 1.08 bits per heavy atom. The number of aliphatic hydroxyl groups excluding tert-OH is 1. The Balaban J connectivity index is 1.83. The van der Waals surface area contributed by atoms with E-state index in [0.717, 1.165) is 10.9 Å². The van der Waals surface area contributed by atoms with Gasteiger partial charge in [-0.05, 0) is 48.2 Å². The molecule has 36 heavy (non-hydrogen) atoms. The largest absolute Gasteiger partial charge is 0.395 e. The summed E-state index contributed by atoms with van der Waals surface area (Å²) in [6.45, 7) is 0.928. The van der Waals surface area contributed by atoms with E-state index in [9.17, 15) is 22.8 Å². The van der Waals surface area contributed by atoms with Crippen LogP contribution < -0.4 is 15.6 Å². The van der Waals surface area contributed by atoms with Crippen molar-refractivity contribution in [1.82, 2.24) is 10.6 Å². The summed E-state index contributed by atoms with van der Waals surface area (Å²) in [7, 11) is 0. The molecule has 2 amide bonds. The highest BCUT2D eigenvalue weighted by molar-refractivity contribution is 7.10. The molecule has 0 aliphatic carbocycles. The van der Waals surface area contributed by atoms with E-state index in [2.05, 4.69) is 15.7 Å². The van der Waals surface area contributed by atoms with Gasteiger partial charge in [0.2, 0.25) is 11.8 Å². The second-order valence-corrected chi connectivity index (χ2v) is 9.23. The predicted octanol–water partition coefficient (Wildman–Crippen LogP) is 3.16. The molecule has 0 saturated carbocycles. The molecule has 188 valence electrons. The molecule has 2 unspecified atom stereocenters. The number of hydrogen-bond donors (Lipinski definition) is 3. The standard InChI is InChI=1S/C25H23F3N4O3S/c1-25(24(35)30-14-21(34)29-10-11-33)22(20-3-2-12-36-20)23(15-4-6-16(26)7-5-15)31-32(25)19-9-8-17(27)13-18(19)28/h2-9,12-13,22,33H,10-11,14H2,1H3,(H,29,34)(H,30,35). The molecule has 0 radical (unpaired) electrons. The number of rotatable bonds is 8. The maximum Gasteiger partial charge on any atom is 0.249 e. The van der Waals surface area contributed by atoms with Crippen LogP contribution >= 0.6 is 11.3 Å². The van der Waals surface area contributed by atoms with Crippen LogP contribution in [0.3, 0.4) is 0 Å². The number of halogens is 3. The fourth-order valence-corrected chi connectivity index (χ4v) is 5.10. The highest BCUT2D eigenvalue weighted by Crippen LogP contribution is 2.46. The zero-order chi connectivity index (χ0) is 25.9. The van der Waals surface area contributed by atoms with Crippen LogP contribution in [-0.4, -0.2) is 47.9 Å². The Morgan fingerprint density at radius 2 is 1.81 bits per heavy atom. The van der Waals surface area contributed by atoms with E-state index in [-0.39, 0.29) is 18.8 Å². The molecule has 0 saturated heterocycles. The highest BCUT2D eigenvalue weighted by Gasteiger charge is 2.55. The minimum absolute atomic E-state index is 0.0224. The van der Waals surface area contributed by atoms with Crippen LogP contribution in [-0.2, 0) is 9.59 Å². The van der Waals surface area contributed by atoms with E-state index in [1.165, 1.54) is 46.7 Å². The van der Waals surface area contributed by atoms with Crippen molar-refractivity contribution < 1.29 is 27.9 Å². The zero-order valence-corrected chi connectivity index (χ0v) is 20.0. The Morgan fingerprint density at radius 3 is 2.44 bits per heavy atom. The molecule has 3 N–H and O–H groups in total. The van der Waals surface area contributed by atoms with E-state index >= 15 is 0 Å². The number of thiophene rings is 1. The third kappa shape index (κ3) is 4.84. The molecular formula is C25H23F3N4O3S. The molecule has 0 spiro atoms. The predicted molar refractivity (Wildman–Crippen MR) is 130 cm³/mol. The molecule has 1 aliphatic rings. The number of benzene rings is 2. The molecular weight excluding hydrogens is 493 g/mol. The number of carbonyl (C=O) groups is 2. The lowest BCUT2D eigenvalue weighted by Crippen LogP contribution is -2.58. The van der Waals surface area contributed by atoms with Crippen LogP contribution in [0.1, 0.15) is 23.3 Å². The number of aliphatic hydroxyl groups is 1. The van der Waals surface area contributed by atoms with Crippen molar-refractivity contribution in [3.05, 3.63) is 87.9 Å². The average Bonchev–Trinajstić information content (AvgIpc) is 3.48. The summed E-state index contributed by atoms with van der Waals surface area (Å²) in [5.41, 5.74) is -0.842. The summed E-state index contributed by atoms with van der Waals surface area (Å²) >= 11 is 1.36. The third-order valence-electron chi connectivity index (χ3n) is 5.89. The van der Waals surface area contributed by atoms with E-state index in [1.807, 2.05) is 5.38 Å². The summed E-state index contributed by atoms with van der Waals surface area (Å²) in [5.74, 6) is -4.08. The number of hydrazone groups is 1. The summed E-state index contributed by atoms with van der Waals surface area (Å²) in [6.07, 6.45) is 0. The van der Waals surface area contributed by atoms with Gasteiger partial charge in [-0.3, -0.25) is 9.59 Å². The summed E-state index contributed by atoms with van der Waals surface area (Å²) in [5, 5.41) is 21.5. The van der Waals surface area contributed by atoms with Crippen molar-refractivity contribution >= 4 is 34.6 Å². The molecule has 2 heterocycles. The number of hydrogen-bond acceptors (Lipinski definition) is 6. The zero-order valence-electron chi connectivity index (χ0n) is 19.2. The third-order valence-corrected chi connectivity index (χ3v) is 6.83. The minimum Gasteiger partial charge on any atom is -0.395 e. The first-order valence-corrected chi connectivity index (χ1v) is 11.9. The lowest BCUT2D eigenvalue weighted by molar-refractivity contribution is -0.129. The lowest BCUT2D eigenvalue weighted by atomic mass is 9.78. The normalized spacial score (nSPS) is 19.2. The van der Waals surface area contributed by atoms with E-state index < -0.39 is 47.3 Å². The lowest BCUT2D eigenvalue weighted by Gasteiger charge is -2.37. The molecule has 0 fully saturated rings. The van der Waals surface area contributed by atoms with Gasteiger partial charge in [0.05, 0.1) is 30.5 Å². The Bertz CT molecular complexity index is 1280. The SMILES string of the molecule is CC1(C(=O)NCC(=O)NCCO)C(c2cccs2)C(c2ccc(F)cc2)=NN1c1ccc(F)cc1F. The quantitative estimate of drug-likeness (QED) is 0.429. The van der Waals surface area contributed by atoms with Crippen molar-refractivity contribution in [2.45, 2.75) is 18.4 Å². The van der Waals surface area contributed by atoms with Crippen molar-refractivity contribution in [1.29, 1.82) is 0 Å². The molecule has 3 aromatic rings. The van der Waals surface area contributed by atoms with Crippen LogP contribution in [0.5, 0.6) is 0 Å². The fraction of sp³-hybridized carbons (Fsp3) is 0.240. The van der Waals surface area contributed by atoms with Crippen LogP contribution in [0.4, 0.5) is 18.9 Å². The van der Waals surface area contributed by atoms with Gasteiger partial charge in [0.1, 0.15) is 11.6 Å². The smallest absolute Gasteiger partial charge is 0.249 e. The Hall–Kier alpha value is -3.70.